The van der Waals surface area contributed by atoms with Crippen molar-refractivity contribution in [2.45, 2.75) is 51.1 Å². The van der Waals surface area contributed by atoms with Crippen LogP contribution in [0.15, 0.2) is 54.9 Å². The molecule has 0 radical (unpaired) electrons. The largest absolute Gasteiger partial charge is 0.508 e. The van der Waals surface area contributed by atoms with Crippen molar-refractivity contribution >= 4 is 27.5 Å². The number of phenolic OH excluding ortho intramolecular Hbond substituents is 1. The minimum atomic E-state index is -0.924. The highest BCUT2D eigenvalue weighted by molar-refractivity contribution is 6.03. The molecular weight excluding hydrogens is 567 g/mol. The number of aromatic nitrogens is 2. The van der Waals surface area contributed by atoms with E-state index in [4.69, 9.17) is 9.72 Å². The van der Waals surface area contributed by atoms with Gasteiger partial charge in [-0.3, -0.25) is 0 Å². The number of anilines is 1. The minimum absolute atomic E-state index is 0.0474. The molecule has 0 spiro atoms. The summed E-state index contributed by atoms with van der Waals surface area (Å²) in [5.41, 5.74) is 0.847. The van der Waals surface area contributed by atoms with E-state index in [-0.39, 0.29) is 45.9 Å². The van der Waals surface area contributed by atoms with Gasteiger partial charge in [0.15, 0.2) is 5.82 Å². The average Bonchev–Trinajstić information content (AvgIpc) is 3.60. The number of nitrogens with one attached hydrogen (secondary N) is 1. The van der Waals surface area contributed by atoms with Gasteiger partial charge in [0.25, 0.3) is 0 Å². The van der Waals surface area contributed by atoms with Gasteiger partial charge in [0.2, 0.25) is 0 Å². The molecule has 4 aromatic rings. The number of aryl methyl sites for hydroxylation is 1. The Morgan fingerprint density at radius 1 is 1.09 bits per heavy atom. The Kier molecular flexibility index (Phi) is 7.32. The summed E-state index contributed by atoms with van der Waals surface area (Å²) in [6, 6.07) is 7.26. The summed E-state index contributed by atoms with van der Waals surface area (Å²) in [7, 11) is 0. The number of hydrogen-bond donors (Lipinski definition) is 2. The van der Waals surface area contributed by atoms with E-state index in [1.54, 1.807) is 13.2 Å². The lowest BCUT2D eigenvalue weighted by molar-refractivity contribution is 0.385. The van der Waals surface area contributed by atoms with Gasteiger partial charge >= 0.3 is 6.01 Å². The van der Waals surface area contributed by atoms with E-state index in [0.29, 0.717) is 48.2 Å². The lowest BCUT2D eigenvalue weighted by atomic mass is 9.91. The van der Waals surface area contributed by atoms with Crippen LogP contribution in [0.3, 0.4) is 0 Å². The lowest BCUT2D eigenvalue weighted by Crippen LogP contribution is -2.51. The first-order chi connectivity index (χ1) is 21.3. The zero-order chi connectivity index (χ0) is 30.5. The molecule has 3 saturated heterocycles. The van der Waals surface area contributed by atoms with Crippen LogP contribution in [-0.4, -0.2) is 58.2 Å². The van der Waals surface area contributed by atoms with E-state index >= 15 is 8.78 Å². The minimum Gasteiger partial charge on any atom is -0.508 e. The molecule has 2 atom stereocenters. The topological polar surface area (TPSA) is 73.8 Å². The van der Waals surface area contributed by atoms with E-state index in [0.717, 1.165) is 37.9 Å². The van der Waals surface area contributed by atoms with Gasteiger partial charge in [-0.15, -0.1) is 6.58 Å². The van der Waals surface area contributed by atoms with Crippen molar-refractivity contribution in [3.05, 3.63) is 78.0 Å². The third-order valence-corrected chi connectivity index (χ3v) is 9.05. The van der Waals surface area contributed by atoms with Crippen molar-refractivity contribution in [3.63, 3.8) is 0 Å². The second-order valence-corrected chi connectivity index (χ2v) is 11.9. The number of aromatic hydroxyl groups is 1. The van der Waals surface area contributed by atoms with Gasteiger partial charge in [0, 0.05) is 49.3 Å². The molecule has 4 heterocycles. The fraction of sp³-hybridized carbons (Fsp3) is 0.353. The third kappa shape index (κ3) is 4.91. The van der Waals surface area contributed by atoms with Crippen LogP contribution < -0.4 is 15.0 Å². The molecule has 1 aromatic heterocycles. The predicted octanol–water partition coefficient (Wildman–Crippen LogP) is 6.58. The number of phenols is 1. The van der Waals surface area contributed by atoms with Crippen LogP contribution >= 0.6 is 0 Å². The summed E-state index contributed by atoms with van der Waals surface area (Å²) in [5, 5.41) is 15.2. The molecule has 7 nitrogen and oxygen atoms in total. The number of allylic oxidation sites excluding steroid dienone is 1. The number of piperazine rings is 1. The van der Waals surface area contributed by atoms with Crippen LogP contribution in [0.1, 0.15) is 38.2 Å². The molecule has 0 amide bonds. The van der Waals surface area contributed by atoms with Crippen LogP contribution in [0.4, 0.5) is 19.0 Å². The van der Waals surface area contributed by atoms with Crippen molar-refractivity contribution in [3.8, 4) is 22.9 Å². The molecule has 2 unspecified atom stereocenters. The van der Waals surface area contributed by atoms with Crippen molar-refractivity contribution in [2.24, 2.45) is 0 Å². The van der Waals surface area contributed by atoms with E-state index in [9.17, 15) is 9.50 Å². The molecule has 7 rings (SSSR count). The number of likely N-dealkylation sites (tertiary alicyclic amines) is 1. The Hall–Kier alpha value is -4.31. The normalized spacial score (nSPS) is 20.8. The summed E-state index contributed by atoms with van der Waals surface area (Å²) < 4.78 is 53.9. The Morgan fingerprint density at radius 3 is 2.64 bits per heavy atom. The number of ether oxygens (including phenoxy) is 1. The molecule has 2 N–H and O–H groups in total. The van der Waals surface area contributed by atoms with Crippen LogP contribution in [0.25, 0.3) is 32.8 Å². The fourth-order valence-corrected chi connectivity index (χ4v) is 7.08. The van der Waals surface area contributed by atoms with Crippen LogP contribution in [0, 0.1) is 17.5 Å². The Balaban J connectivity index is 1.43. The molecule has 3 aliphatic rings. The molecule has 44 heavy (non-hydrogen) atoms. The maximum atomic E-state index is 16.8. The van der Waals surface area contributed by atoms with Gasteiger partial charge in [-0.2, -0.15) is 9.97 Å². The molecule has 10 heteroatoms. The number of benzene rings is 3. The lowest BCUT2D eigenvalue weighted by Gasteiger charge is -2.34. The van der Waals surface area contributed by atoms with E-state index < -0.39 is 17.5 Å². The summed E-state index contributed by atoms with van der Waals surface area (Å²) >= 11 is 0. The number of rotatable bonds is 7. The molecule has 228 valence electrons. The Labute approximate surface area is 253 Å². The van der Waals surface area contributed by atoms with Gasteiger partial charge < -0.3 is 25.0 Å². The number of nitrogens with zero attached hydrogens (tertiary/aromatic N) is 4. The molecule has 3 aliphatic heterocycles. The summed E-state index contributed by atoms with van der Waals surface area (Å²) in [6.45, 7) is 8.44. The van der Waals surface area contributed by atoms with Gasteiger partial charge in [-0.25, -0.2) is 13.2 Å². The molecule has 0 aliphatic carbocycles. The first-order valence-electron chi connectivity index (χ1n) is 15.2. The van der Waals surface area contributed by atoms with Gasteiger partial charge in [0.05, 0.1) is 5.56 Å². The highest BCUT2D eigenvalue weighted by atomic mass is 19.1. The highest BCUT2D eigenvalue weighted by Gasteiger charge is 2.34. The van der Waals surface area contributed by atoms with Crippen molar-refractivity contribution in [1.29, 1.82) is 0 Å². The van der Waals surface area contributed by atoms with Crippen molar-refractivity contribution in [2.75, 3.05) is 31.1 Å². The maximum Gasteiger partial charge on any atom is 0.324 e. The van der Waals surface area contributed by atoms with Gasteiger partial charge in [-0.05, 0) is 78.3 Å². The molecular formula is C34H34F3N5O2. The average molecular weight is 602 g/mol. The Bertz CT molecular complexity index is 1820. The van der Waals surface area contributed by atoms with Crippen molar-refractivity contribution in [1.82, 2.24) is 20.2 Å². The third-order valence-electron chi connectivity index (χ3n) is 9.05. The smallest absolute Gasteiger partial charge is 0.324 e. The first kappa shape index (κ1) is 28.5. The highest BCUT2D eigenvalue weighted by Crippen LogP contribution is 2.42. The number of fused-ring (bicyclic) bond motifs is 4. The predicted molar refractivity (Wildman–Crippen MR) is 165 cm³/mol. The molecule has 0 saturated carbocycles. The second-order valence-electron chi connectivity index (χ2n) is 11.9. The van der Waals surface area contributed by atoms with E-state index in [2.05, 4.69) is 26.7 Å². The maximum absolute atomic E-state index is 16.8. The standard InChI is InChI=1S/C34H34F3N5O2/c1-3-11-41-12-5-6-22(41)18-44-34-39-32-26(33(40-34)42-16-20-8-9-21(17-42)38-20)15-28(36)30(31(32)37)25-14-23(43)13-19-7-10-27(35)24(4-2)29(19)25/h3,7,10,13-15,18,20-21,38,43H,1,4-6,8-9,11-12,16-17H2,2H3/b22-18-. The fourth-order valence-electron chi connectivity index (χ4n) is 7.08. The van der Waals surface area contributed by atoms with E-state index in [1.165, 1.54) is 30.3 Å². The summed E-state index contributed by atoms with van der Waals surface area (Å²) in [4.78, 5) is 13.4. The second kappa shape index (κ2) is 11.3. The quantitative estimate of drug-likeness (QED) is 0.183. The zero-order valence-corrected chi connectivity index (χ0v) is 24.5. The van der Waals surface area contributed by atoms with Crippen LogP contribution in [0.2, 0.25) is 0 Å². The zero-order valence-electron chi connectivity index (χ0n) is 24.5. The van der Waals surface area contributed by atoms with Crippen molar-refractivity contribution < 1.29 is 23.0 Å². The molecule has 2 bridgehead atoms. The molecule has 3 fully saturated rings. The summed E-state index contributed by atoms with van der Waals surface area (Å²) in [5.74, 6) is -2.03. The van der Waals surface area contributed by atoms with Crippen LogP contribution in [0.5, 0.6) is 11.8 Å². The summed E-state index contributed by atoms with van der Waals surface area (Å²) in [6.07, 6.45) is 7.56. The number of hydrogen-bond acceptors (Lipinski definition) is 7. The van der Waals surface area contributed by atoms with Gasteiger partial charge in [0.1, 0.15) is 35.0 Å². The first-order valence-corrected chi connectivity index (χ1v) is 15.2. The SMILES string of the molecule is C=CCN1CCC/C1=C/Oc1nc(N2CC3CCC(C2)N3)c2cc(F)c(-c3cc(O)cc4ccc(F)c(CC)c34)c(F)c2n1. The Morgan fingerprint density at radius 2 is 1.89 bits per heavy atom. The number of halogens is 3. The monoisotopic (exact) mass is 601 g/mol. The van der Waals surface area contributed by atoms with E-state index in [1.807, 2.05) is 6.08 Å². The van der Waals surface area contributed by atoms with Gasteiger partial charge in [-0.1, -0.05) is 19.1 Å². The molecule has 3 aromatic carbocycles. The van der Waals surface area contributed by atoms with Crippen LogP contribution in [-0.2, 0) is 6.42 Å².